The van der Waals surface area contributed by atoms with E-state index in [1.54, 1.807) is 0 Å². The second kappa shape index (κ2) is 7.34. The van der Waals surface area contributed by atoms with Crippen LogP contribution in [0.3, 0.4) is 0 Å². The van der Waals surface area contributed by atoms with Gasteiger partial charge in [-0.15, -0.1) is 0 Å². The van der Waals surface area contributed by atoms with Gasteiger partial charge in [-0.2, -0.15) is 0 Å². The number of aliphatic imine (C=N–C) groups is 1. The standard InChI is InChI=1S/C15H20BrN3/c1-2-17-15(19-14-5-3-4-6-14)18-11-12-7-9-13(16)10-8-12/h3-4,7-10,14H,2,5-6,11H2,1H3,(H2,17,18,19). The van der Waals surface area contributed by atoms with Crippen molar-refractivity contribution < 1.29 is 0 Å². The van der Waals surface area contributed by atoms with Gasteiger partial charge in [0.25, 0.3) is 0 Å². The van der Waals surface area contributed by atoms with E-state index < -0.39 is 0 Å². The molecular weight excluding hydrogens is 302 g/mol. The largest absolute Gasteiger partial charge is 0.357 e. The summed E-state index contributed by atoms with van der Waals surface area (Å²) in [5.41, 5.74) is 1.21. The van der Waals surface area contributed by atoms with Crippen molar-refractivity contribution in [2.75, 3.05) is 6.54 Å². The van der Waals surface area contributed by atoms with Gasteiger partial charge in [0.05, 0.1) is 6.54 Å². The van der Waals surface area contributed by atoms with E-state index in [9.17, 15) is 0 Å². The van der Waals surface area contributed by atoms with E-state index in [0.29, 0.717) is 12.6 Å². The smallest absolute Gasteiger partial charge is 0.191 e. The van der Waals surface area contributed by atoms with Gasteiger partial charge >= 0.3 is 0 Å². The highest BCUT2D eigenvalue weighted by Crippen LogP contribution is 2.11. The lowest BCUT2D eigenvalue weighted by molar-refractivity contribution is 0.633. The van der Waals surface area contributed by atoms with Crippen molar-refractivity contribution in [1.29, 1.82) is 0 Å². The Bertz CT molecular complexity index is 443. The first-order valence-corrected chi connectivity index (χ1v) is 7.51. The zero-order valence-corrected chi connectivity index (χ0v) is 12.8. The van der Waals surface area contributed by atoms with Crippen molar-refractivity contribution >= 4 is 21.9 Å². The summed E-state index contributed by atoms with van der Waals surface area (Å²) >= 11 is 3.44. The lowest BCUT2D eigenvalue weighted by Crippen LogP contribution is -2.42. The molecule has 3 nitrogen and oxygen atoms in total. The highest BCUT2D eigenvalue weighted by Gasteiger charge is 2.11. The Morgan fingerprint density at radius 1 is 1.26 bits per heavy atom. The Labute approximate surface area is 123 Å². The fraction of sp³-hybridized carbons (Fsp3) is 0.400. The van der Waals surface area contributed by atoms with Crippen LogP contribution >= 0.6 is 15.9 Å². The van der Waals surface area contributed by atoms with Crippen LogP contribution in [0.5, 0.6) is 0 Å². The minimum absolute atomic E-state index is 0.489. The molecular formula is C15H20BrN3. The molecule has 0 aromatic heterocycles. The summed E-state index contributed by atoms with van der Waals surface area (Å²) in [5, 5.41) is 6.76. The van der Waals surface area contributed by atoms with E-state index in [1.165, 1.54) is 5.56 Å². The maximum atomic E-state index is 4.63. The molecule has 2 N–H and O–H groups in total. The average molecular weight is 322 g/mol. The first kappa shape index (κ1) is 14.1. The van der Waals surface area contributed by atoms with E-state index in [0.717, 1.165) is 29.8 Å². The van der Waals surface area contributed by atoms with Gasteiger partial charge in [-0.1, -0.05) is 40.2 Å². The predicted octanol–water partition coefficient (Wildman–Crippen LogP) is 3.22. The zero-order valence-electron chi connectivity index (χ0n) is 11.2. The maximum absolute atomic E-state index is 4.63. The first-order chi connectivity index (χ1) is 9.28. The van der Waals surface area contributed by atoms with Crippen molar-refractivity contribution in [2.24, 2.45) is 4.99 Å². The zero-order chi connectivity index (χ0) is 13.5. The van der Waals surface area contributed by atoms with Gasteiger partial charge in [0.15, 0.2) is 5.96 Å². The predicted molar refractivity (Wildman–Crippen MR) is 84.3 cm³/mol. The van der Waals surface area contributed by atoms with Crippen LogP contribution in [0.1, 0.15) is 25.3 Å². The molecule has 0 unspecified atom stereocenters. The highest BCUT2D eigenvalue weighted by molar-refractivity contribution is 9.10. The number of nitrogens with zero attached hydrogens (tertiary/aromatic N) is 1. The average Bonchev–Trinajstić information content (AvgIpc) is 2.91. The fourth-order valence-corrected chi connectivity index (χ4v) is 2.27. The second-order valence-corrected chi connectivity index (χ2v) is 5.52. The quantitative estimate of drug-likeness (QED) is 0.507. The molecule has 1 aliphatic carbocycles. The van der Waals surface area contributed by atoms with Crippen molar-refractivity contribution in [3.8, 4) is 0 Å². The molecule has 0 saturated heterocycles. The van der Waals surface area contributed by atoms with Crippen molar-refractivity contribution in [3.05, 3.63) is 46.5 Å². The van der Waals surface area contributed by atoms with Crippen LogP contribution in [0.2, 0.25) is 0 Å². The van der Waals surface area contributed by atoms with Gasteiger partial charge in [0, 0.05) is 17.1 Å². The van der Waals surface area contributed by atoms with Crippen LogP contribution in [-0.4, -0.2) is 18.5 Å². The molecule has 19 heavy (non-hydrogen) atoms. The number of nitrogens with one attached hydrogen (secondary N) is 2. The van der Waals surface area contributed by atoms with Gasteiger partial charge in [0.2, 0.25) is 0 Å². The Morgan fingerprint density at radius 2 is 1.95 bits per heavy atom. The first-order valence-electron chi connectivity index (χ1n) is 6.72. The van der Waals surface area contributed by atoms with Gasteiger partial charge < -0.3 is 10.6 Å². The molecule has 0 saturated carbocycles. The molecule has 1 aromatic rings. The summed E-state index contributed by atoms with van der Waals surface area (Å²) in [6.45, 7) is 3.67. The Hall–Kier alpha value is -1.29. The van der Waals surface area contributed by atoms with Crippen LogP contribution in [0.15, 0.2) is 45.9 Å². The van der Waals surface area contributed by atoms with Crippen molar-refractivity contribution in [2.45, 2.75) is 32.4 Å². The Kier molecular flexibility index (Phi) is 5.45. The topological polar surface area (TPSA) is 36.4 Å². The lowest BCUT2D eigenvalue weighted by Gasteiger charge is -2.16. The third kappa shape index (κ3) is 4.71. The fourth-order valence-electron chi connectivity index (χ4n) is 2.01. The molecule has 0 heterocycles. The molecule has 102 valence electrons. The third-order valence-corrected chi connectivity index (χ3v) is 3.55. The molecule has 0 fully saturated rings. The normalized spacial score (nSPS) is 15.8. The number of guanidine groups is 1. The molecule has 0 atom stereocenters. The summed E-state index contributed by atoms with van der Waals surface area (Å²) in [4.78, 5) is 4.63. The minimum atomic E-state index is 0.489. The van der Waals surface area contributed by atoms with Gasteiger partial charge in [-0.05, 0) is 37.5 Å². The number of halogens is 1. The molecule has 1 aliphatic rings. The summed E-state index contributed by atoms with van der Waals surface area (Å²) in [6.07, 6.45) is 6.61. The van der Waals surface area contributed by atoms with E-state index in [2.05, 4.69) is 62.8 Å². The molecule has 0 spiro atoms. The van der Waals surface area contributed by atoms with E-state index in [4.69, 9.17) is 0 Å². The summed E-state index contributed by atoms with van der Waals surface area (Å²) in [7, 11) is 0. The van der Waals surface area contributed by atoms with E-state index in [-0.39, 0.29) is 0 Å². The highest BCUT2D eigenvalue weighted by atomic mass is 79.9. The molecule has 0 bridgehead atoms. The summed E-state index contributed by atoms with van der Waals surface area (Å²) in [6, 6.07) is 8.77. The monoisotopic (exact) mass is 321 g/mol. The number of benzene rings is 1. The van der Waals surface area contributed by atoms with Gasteiger partial charge in [0.1, 0.15) is 0 Å². The van der Waals surface area contributed by atoms with Crippen LogP contribution in [-0.2, 0) is 6.54 Å². The number of rotatable bonds is 4. The minimum Gasteiger partial charge on any atom is -0.357 e. The van der Waals surface area contributed by atoms with Crippen molar-refractivity contribution in [3.63, 3.8) is 0 Å². The third-order valence-electron chi connectivity index (χ3n) is 3.03. The van der Waals surface area contributed by atoms with Gasteiger partial charge in [-0.3, -0.25) is 0 Å². The second-order valence-electron chi connectivity index (χ2n) is 4.61. The van der Waals surface area contributed by atoms with E-state index >= 15 is 0 Å². The maximum Gasteiger partial charge on any atom is 0.191 e. The molecule has 0 radical (unpaired) electrons. The lowest BCUT2D eigenvalue weighted by atomic mass is 10.2. The number of hydrogen-bond donors (Lipinski definition) is 2. The SMILES string of the molecule is CCNC(=NCc1ccc(Br)cc1)NC1CC=CC1. The number of hydrogen-bond acceptors (Lipinski definition) is 1. The van der Waals surface area contributed by atoms with Crippen LogP contribution < -0.4 is 10.6 Å². The van der Waals surface area contributed by atoms with E-state index in [1.807, 2.05) is 12.1 Å². The molecule has 4 heteroatoms. The molecule has 2 rings (SSSR count). The van der Waals surface area contributed by atoms with Crippen LogP contribution in [0.25, 0.3) is 0 Å². The molecule has 0 amide bonds. The van der Waals surface area contributed by atoms with Gasteiger partial charge in [-0.25, -0.2) is 4.99 Å². The summed E-state index contributed by atoms with van der Waals surface area (Å²) in [5.74, 6) is 0.902. The Morgan fingerprint density at radius 3 is 2.58 bits per heavy atom. The summed E-state index contributed by atoms with van der Waals surface area (Å²) < 4.78 is 1.10. The van der Waals surface area contributed by atoms with Crippen molar-refractivity contribution in [1.82, 2.24) is 10.6 Å². The van der Waals surface area contributed by atoms with Crippen LogP contribution in [0, 0.1) is 0 Å². The Balaban J connectivity index is 1.93. The molecule has 1 aromatic carbocycles. The molecule has 0 aliphatic heterocycles. The van der Waals surface area contributed by atoms with Crippen LogP contribution in [0.4, 0.5) is 0 Å².